The van der Waals surface area contributed by atoms with E-state index in [0.29, 0.717) is 5.82 Å². The summed E-state index contributed by atoms with van der Waals surface area (Å²) in [6.07, 6.45) is 0. The molecule has 0 atom stereocenters. The molecule has 1 aromatic heterocycles. The van der Waals surface area contributed by atoms with E-state index in [1.54, 1.807) is 24.1 Å². The summed E-state index contributed by atoms with van der Waals surface area (Å²) in [5.74, 6) is -0.304. The zero-order chi connectivity index (χ0) is 15.4. The number of pyridine rings is 1. The van der Waals surface area contributed by atoms with Crippen LogP contribution in [0.4, 0.5) is 15.9 Å². The normalized spacial score (nSPS) is 10.3. The van der Waals surface area contributed by atoms with Gasteiger partial charge in [-0.15, -0.1) is 0 Å². The van der Waals surface area contributed by atoms with Crippen LogP contribution in [0, 0.1) is 19.8 Å². The number of benzene rings is 1. The van der Waals surface area contributed by atoms with Crippen molar-refractivity contribution in [2.45, 2.75) is 13.8 Å². The van der Waals surface area contributed by atoms with Crippen molar-refractivity contribution in [2.24, 2.45) is 0 Å². The van der Waals surface area contributed by atoms with Crippen LogP contribution in [0.2, 0.25) is 0 Å². The molecule has 1 N–H and O–H groups in total. The van der Waals surface area contributed by atoms with Gasteiger partial charge in [0.25, 0.3) is 0 Å². The van der Waals surface area contributed by atoms with Crippen LogP contribution in [-0.4, -0.2) is 24.5 Å². The molecule has 110 valence electrons. The molecule has 4 nitrogen and oxygen atoms in total. The third kappa shape index (κ3) is 3.78. The first-order valence-corrected chi connectivity index (χ1v) is 6.67. The van der Waals surface area contributed by atoms with E-state index in [-0.39, 0.29) is 12.5 Å². The molecule has 2 rings (SSSR count). The third-order valence-corrected chi connectivity index (χ3v) is 3.22. The first-order valence-electron chi connectivity index (χ1n) is 6.67. The summed E-state index contributed by atoms with van der Waals surface area (Å²) in [6, 6.07) is 10.3. The van der Waals surface area contributed by atoms with Gasteiger partial charge in [-0.1, -0.05) is 24.3 Å². The van der Waals surface area contributed by atoms with Crippen molar-refractivity contribution >= 4 is 17.4 Å². The average molecular weight is 287 g/mol. The van der Waals surface area contributed by atoms with Gasteiger partial charge in [0.1, 0.15) is 5.82 Å². The van der Waals surface area contributed by atoms with Gasteiger partial charge in [-0.3, -0.25) is 4.79 Å². The van der Waals surface area contributed by atoms with Crippen molar-refractivity contribution in [1.29, 1.82) is 0 Å². The molecule has 0 aliphatic carbocycles. The van der Waals surface area contributed by atoms with Crippen molar-refractivity contribution in [3.8, 4) is 0 Å². The topological polar surface area (TPSA) is 45.2 Å². The highest BCUT2D eigenvalue weighted by Gasteiger charge is 2.11. The minimum Gasteiger partial charge on any atom is -0.350 e. The Balaban J connectivity index is 2.05. The van der Waals surface area contributed by atoms with Gasteiger partial charge in [0, 0.05) is 12.7 Å². The summed E-state index contributed by atoms with van der Waals surface area (Å²) in [5, 5.41) is 2.89. The summed E-state index contributed by atoms with van der Waals surface area (Å²) < 4.78 is 13.1. The average Bonchev–Trinajstić information content (AvgIpc) is 2.43. The lowest BCUT2D eigenvalue weighted by Gasteiger charge is -2.18. The number of rotatable bonds is 4. The van der Waals surface area contributed by atoms with E-state index < -0.39 is 5.95 Å². The molecule has 21 heavy (non-hydrogen) atoms. The molecule has 1 heterocycles. The van der Waals surface area contributed by atoms with Gasteiger partial charge < -0.3 is 10.2 Å². The maximum absolute atomic E-state index is 13.1. The number of nitrogens with zero attached hydrogens (tertiary/aromatic N) is 2. The van der Waals surface area contributed by atoms with Gasteiger partial charge in [0.05, 0.1) is 6.54 Å². The van der Waals surface area contributed by atoms with Crippen molar-refractivity contribution in [2.75, 3.05) is 23.8 Å². The van der Waals surface area contributed by atoms with E-state index in [4.69, 9.17) is 0 Å². The lowest BCUT2D eigenvalue weighted by Crippen LogP contribution is -2.31. The number of aromatic nitrogens is 1. The Hall–Kier alpha value is -2.43. The molecule has 0 spiro atoms. The van der Waals surface area contributed by atoms with Gasteiger partial charge >= 0.3 is 0 Å². The number of halogens is 1. The van der Waals surface area contributed by atoms with Gasteiger partial charge in [0.2, 0.25) is 11.9 Å². The van der Waals surface area contributed by atoms with Crippen molar-refractivity contribution in [3.63, 3.8) is 0 Å². The van der Waals surface area contributed by atoms with Crippen molar-refractivity contribution < 1.29 is 9.18 Å². The standard InChI is InChI=1S/C16H18FN3O/c1-11-6-4-7-12(2)16(11)19-15(21)10-20(3)14-9-5-8-13(17)18-14/h4-9H,10H2,1-3H3,(H,19,21). The van der Waals surface area contributed by atoms with Crippen LogP contribution < -0.4 is 10.2 Å². The number of hydrogen-bond donors (Lipinski definition) is 1. The molecule has 0 radical (unpaired) electrons. The fourth-order valence-electron chi connectivity index (χ4n) is 2.10. The second kappa shape index (κ2) is 6.35. The SMILES string of the molecule is Cc1cccc(C)c1NC(=O)CN(C)c1cccc(F)n1. The fraction of sp³-hybridized carbons (Fsp3) is 0.250. The number of amides is 1. The van der Waals surface area contributed by atoms with Gasteiger partial charge in [-0.05, 0) is 37.1 Å². The quantitative estimate of drug-likeness (QED) is 0.879. The lowest BCUT2D eigenvalue weighted by atomic mass is 10.1. The smallest absolute Gasteiger partial charge is 0.243 e. The van der Waals surface area contributed by atoms with Crippen LogP contribution in [-0.2, 0) is 4.79 Å². The Morgan fingerprint density at radius 3 is 2.43 bits per heavy atom. The summed E-state index contributed by atoms with van der Waals surface area (Å²) >= 11 is 0. The van der Waals surface area contributed by atoms with Crippen molar-refractivity contribution in [1.82, 2.24) is 4.98 Å². The van der Waals surface area contributed by atoms with E-state index >= 15 is 0 Å². The maximum atomic E-state index is 13.1. The molecule has 1 amide bonds. The molecule has 0 fully saturated rings. The fourth-order valence-corrected chi connectivity index (χ4v) is 2.10. The number of para-hydroxylation sites is 1. The Kier molecular flexibility index (Phi) is 4.52. The largest absolute Gasteiger partial charge is 0.350 e. The highest BCUT2D eigenvalue weighted by molar-refractivity contribution is 5.95. The summed E-state index contributed by atoms with van der Waals surface area (Å²) in [4.78, 5) is 17.5. The number of anilines is 2. The van der Waals surface area contributed by atoms with Crippen LogP contribution in [0.15, 0.2) is 36.4 Å². The Morgan fingerprint density at radius 2 is 1.81 bits per heavy atom. The molecule has 1 aromatic carbocycles. The number of carbonyl (C=O) groups is 1. The molecule has 0 saturated heterocycles. The number of nitrogens with one attached hydrogen (secondary N) is 1. The van der Waals surface area contributed by atoms with Crippen LogP contribution >= 0.6 is 0 Å². The first kappa shape index (κ1) is 15.0. The highest BCUT2D eigenvalue weighted by atomic mass is 19.1. The number of aryl methyl sites for hydroxylation is 2. The number of carbonyl (C=O) groups excluding carboxylic acids is 1. The Bertz CT molecular complexity index is 637. The lowest BCUT2D eigenvalue weighted by molar-refractivity contribution is -0.114. The summed E-state index contributed by atoms with van der Waals surface area (Å²) in [6.45, 7) is 3.99. The molecular formula is C16H18FN3O. The second-order valence-corrected chi connectivity index (χ2v) is 4.99. The van der Waals surface area contributed by atoms with E-state index in [0.717, 1.165) is 16.8 Å². The molecular weight excluding hydrogens is 269 g/mol. The van der Waals surface area contributed by atoms with Crippen LogP contribution in [0.1, 0.15) is 11.1 Å². The minimum atomic E-state index is -0.561. The zero-order valence-electron chi connectivity index (χ0n) is 12.4. The predicted octanol–water partition coefficient (Wildman–Crippen LogP) is 2.91. The molecule has 0 unspecified atom stereocenters. The van der Waals surface area contributed by atoms with E-state index in [1.165, 1.54) is 6.07 Å². The predicted molar refractivity (Wildman–Crippen MR) is 82.0 cm³/mol. The van der Waals surface area contributed by atoms with Crippen LogP contribution in [0.25, 0.3) is 0 Å². The second-order valence-electron chi connectivity index (χ2n) is 4.99. The Morgan fingerprint density at radius 1 is 1.19 bits per heavy atom. The molecule has 2 aromatic rings. The van der Waals surface area contributed by atoms with Crippen molar-refractivity contribution in [3.05, 3.63) is 53.5 Å². The molecule has 0 saturated carbocycles. The number of likely N-dealkylation sites (N-methyl/N-ethyl adjacent to an activating group) is 1. The highest BCUT2D eigenvalue weighted by Crippen LogP contribution is 2.19. The van der Waals surface area contributed by atoms with Gasteiger partial charge in [-0.2, -0.15) is 4.39 Å². The Labute approximate surface area is 123 Å². The summed E-state index contributed by atoms with van der Waals surface area (Å²) in [5.41, 5.74) is 2.84. The summed E-state index contributed by atoms with van der Waals surface area (Å²) in [7, 11) is 1.70. The minimum absolute atomic E-state index is 0.101. The van der Waals surface area contributed by atoms with Crippen LogP contribution in [0.3, 0.4) is 0 Å². The maximum Gasteiger partial charge on any atom is 0.243 e. The molecule has 0 aliphatic rings. The van der Waals surface area contributed by atoms with E-state index in [1.807, 2.05) is 32.0 Å². The molecule has 0 aliphatic heterocycles. The first-order chi connectivity index (χ1) is 9.97. The van der Waals surface area contributed by atoms with Gasteiger partial charge in [0.15, 0.2) is 0 Å². The van der Waals surface area contributed by atoms with Crippen LogP contribution in [0.5, 0.6) is 0 Å². The molecule has 5 heteroatoms. The molecule has 0 bridgehead atoms. The van der Waals surface area contributed by atoms with E-state index in [9.17, 15) is 9.18 Å². The number of hydrogen-bond acceptors (Lipinski definition) is 3. The van der Waals surface area contributed by atoms with E-state index in [2.05, 4.69) is 10.3 Å². The zero-order valence-corrected chi connectivity index (χ0v) is 12.4. The van der Waals surface area contributed by atoms with Gasteiger partial charge in [-0.25, -0.2) is 4.98 Å². The monoisotopic (exact) mass is 287 g/mol. The third-order valence-electron chi connectivity index (χ3n) is 3.22.